The van der Waals surface area contributed by atoms with E-state index < -0.39 is 18.0 Å². The van der Waals surface area contributed by atoms with Crippen molar-refractivity contribution >= 4 is 36.3 Å². The third kappa shape index (κ3) is 6.54. The fourth-order valence-electron chi connectivity index (χ4n) is 0.890. The third-order valence-corrected chi connectivity index (χ3v) is 4.77. The predicted octanol–water partition coefficient (Wildman–Crippen LogP) is 2.47. The number of carbonyl (C=O) groups is 2. The van der Waals surface area contributed by atoms with Crippen LogP contribution >= 0.6 is 24.4 Å². The quantitative estimate of drug-likeness (QED) is 0.532. The van der Waals surface area contributed by atoms with Gasteiger partial charge in [0.15, 0.2) is 0 Å². The van der Waals surface area contributed by atoms with Gasteiger partial charge >= 0.3 is 11.9 Å². The van der Waals surface area contributed by atoms with E-state index in [0.717, 1.165) is 6.42 Å². The van der Waals surface area contributed by atoms with Crippen molar-refractivity contribution in [3.05, 3.63) is 0 Å². The highest BCUT2D eigenvalue weighted by molar-refractivity contribution is 8.00. The van der Waals surface area contributed by atoms with Crippen LogP contribution in [0.5, 0.6) is 0 Å². The van der Waals surface area contributed by atoms with E-state index in [1.165, 1.54) is 11.8 Å². The average Bonchev–Trinajstić information content (AvgIpc) is 2.32. The highest BCUT2D eigenvalue weighted by atomic mass is 32.2. The molecule has 0 amide bonds. The zero-order valence-electron chi connectivity index (χ0n) is 11.3. The molecule has 18 heavy (non-hydrogen) atoms. The van der Waals surface area contributed by atoms with Crippen LogP contribution in [-0.2, 0) is 14.3 Å². The molecule has 0 spiro atoms. The molecule has 2 atom stereocenters. The molecule has 6 heteroatoms. The Morgan fingerprint density at radius 2 is 2.00 bits per heavy atom. The van der Waals surface area contributed by atoms with Crippen molar-refractivity contribution in [2.24, 2.45) is 5.92 Å². The molecule has 0 saturated heterocycles. The van der Waals surface area contributed by atoms with E-state index in [1.807, 2.05) is 20.8 Å². The van der Waals surface area contributed by atoms with Crippen LogP contribution < -0.4 is 0 Å². The number of rotatable bonds is 8. The van der Waals surface area contributed by atoms with Crippen LogP contribution in [0.1, 0.15) is 34.1 Å². The van der Waals surface area contributed by atoms with Gasteiger partial charge in [0, 0.05) is 16.3 Å². The maximum absolute atomic E-state index is 11.5. The van der Waals surface area contributed by atoms with Gasteiger partial charge in [-0.3, -0.25) is 4.79 Å². The van der Waals surface area contributed by atoms with Gasteiger partial charge in [-0.25, -0.2) is 4.79 Å². The third-order valence-electron chi connectivity index (χ3n) is 2.69. The van der Waals surface area contributed by atoms with E-state index >= 15 is 0 Å². The number of ether oxygens (including phenoxy) is 1. The average molecular weight is 294 g/mol. The molecule has 0 aliphatic heterocycles. The predicted molar refractivity (Wildman–Crippen MR) is 77.4 cm³/mol. The Bertz CT molecular complexity index is 292. The second-order valence-corrected chi connectivity index (χ2v) is 6.86. The molecule has 1 N–H and O–H groups in total. The summed E-state index contributed by atoms with van der Waals surface area (Å²) in [5, 5.41) is 9.04. The van der Waals surface area contributed by atoms with Crippen LogP contribution in [-0.4, -0.2) is 39.4 Å². The number of aliphatic carboxylic acids is 1. The monoisotopic (exact) mass is 294 g/mol. The highest BCUT2D eigenvalue weighted by Gasteiger charge is 2.27. The number of hydrogen-bond acceptors (Lipinski definition) is 5. The van der Waals surface area contributed by atoms with Crippen molar-refractivity contribution in [1.29, 1.82) is 0 Å². The van der Waals surface area contributed by atoms with E-state index in [2.05, 4.69) is 12.6 Å². The molecular formula is C12H22O4S2. The van der Waals surface area contributed by atoms with Crippen molar-refractivity contribution in [1.82, 2.24) is 0 Å². The van der Waals surface area contributed by atoms with Gasteiger partial charge in [0.25, 0.3) is 0 Å². The van der Waals surface area contributed by atoms with Gasteiger partial charge in [0.05, 0.1) is 5.92 Å². The van der Waals surface area contributed by atoms with Crippen molar-refractivity contribution in [3.63, 3.8) is 0 Å². The summed E-state index contributed by atoms with van der Waals surface area (Å²) < 4.78 is 4.98. The lowest BCUT2D eigenvalue weighted by Gasteiger charge is -2.24. The summed E-state index contributed by atoms with van der Waals surface area (Å²) in [7, 11) is 0. The van der Waals surface area contributed by atoms with Gasteiger partial charge in [-0.15, -0.1) is 0 Å². The molecule has 0 unspecified atom stereocenters. The molecule has 0 saturated carbocycles. The summed E-state index contributed by atoms with van der Waals surface area (Å²) in [5.41, 5.74) is 0. The molecule has 0 aliphatic rings. The van der Waals surface area contributed by atoms with E-state index in [1.54, 1.807) is 6.92 Å². The second kappa shape index (κ2) is 7.94. The van der Waals surface area contributed by atoms with Crippen LogP contribution in [0.2, 0.25) is 0 Å². The molecule has 0 aromatic carbocycles. The first-order chi connectivity index (χ1) is 8.23. The highest BCUT2D eigenvalue weighted by Crippen LogP contribution is 2.28. The standard InChI is InChI=1S/C12H22O4S2/c1-5-12(3,4)18-7-9(10(13)14)16-11(15)8(2)6-17/h8-9,17H,5-7H2,1-4H3,(H,13,14)/t8-,9+/m1/s1. The Morgan fingerprint density at radius 3 is 2.39 bits per heavy atom. The minimum atomic E-state index is -1.10. The van der Waals surface area contributed by atoms with E-state index in [0.29, 0.717) is 5.75 Å². The summed E-state index contributed by atoms with van der Waals surface area (Å²) in [5.74, 6) is -1.39. The molecule has 0 bridgehead atoms. The Hall–Kier alpha value is -0.360. The minimum absolute atomic E-state index is 0.0186. The van der Waals surface area contributed by atoms with E-state index in [4.69, 9.17) is 9.84 Å². The fourth-order valence-corrected chi connectivity index (χ4v) is 2.06. The van der Waals surface area contributed by atoms with Crippen LogP contribution in [0.4, 0.5) is 0 Å². The first-order valence-electron chi connectivity index (χ1n) is 5.91. The fraction of sp³-hybridized carbons (Fsp3) is 0.833. The molecular weight excluding hydrogens is 272 g/mol. The topological polar surface area (TPSA) is 63.6 Å². The number of carboxylic acids is 1. The maximum Gasteiger partial charge on any atom is 0.345 e. The first kappa shape index (κ1) is 17.6. The van der Waals surface area contributed by atoms with Crippen molar-refractivity contribution < 1.29 is 19.4 Å². The van der Waals surface area contributed by atoms with Gasteiger partial charge < -0.3 is 9.84 Å². The Kier molecular flexibility index (Phi) is 7.78. The summed E-state index contributed by atoms with van der Waals surface area (Å²) in [6.07, 6.45) is -0.166. The summed E-state index contributed by atoms with van der Waals surface area (Å²) in [6.45, 7) is 7.78. The van der Waals surface area contributed by atoms with Gasteiger partial charge in [-0.2, -0.15) is 24.4 Å². The molecule has 106 valence electrons. The smallest absolute Gasteiger partial charge is 0.345 e. The second-order valence-electron chi connectivity index (χ2n) is 4.77. The van der Waals surface area contributed by atoms with Crippen LogP contribution in [0.3, 0.4) is 0 Å². The lowest BCUT2D eigenvalue weighted by Crippen LogP contribution is -2.33. The first-order valence-corrected chi connectivity index (χ1v) is 7.53. The normalized spacial score (nSPS) is 14.9. The van der Waals surface area contributed by atoms with E-state index in [9.17, 15) is 9.59 Å². The van der Waals surface area contributed by atoms with Crippen molar-refractivity contribution in [3.8, 4) is 0 Å². The van der Waals surface area contributed by atoms with Gasteiger partial charge in [0.1, 0.15) is 0 Å². The largest absolute Gasteiger partial charge is 0.478 e. The summed E-state index contributed by atoms with van der Waals surface area (Å²) >= 11 is 5.49. The molecule has 0 aromatic heterocycles. The maximum atomic E-state index is 11.5. The van der Waals surface area contributed by atoms with Gasteiger partial charge in [0.2, 0.25) is 6.10 Å². The lowest BCUT2D eigenvalue weighted by atomic mass is 10.1. The Morgan fingerprint density at radius 1 is 1.44 bits per heavy atom. The number of carbonyl (C=O) groups excluding carboxylic acids is 1. The molecule has 0 heterocycles. The zero-order valence-corrected chi connectivity index (χ0v) is 13.0. The number of thioether (sulfide) groups is 1. The molecule has 0 aromatic rings. The Balaban J connectivity index is 4.42. The summed E-state index contributed by atoms with van der Waals surface area (Å²) in [4.78, 5) is 22.6. The van der Waals surface area contributed by atoms with E-state index in [-0.39, 0.29) is 16.4 Å². The van der Waals surface area contributed by atoms with Gasteiger partial charge in [-0.1, -0.05) is 27.7 Å². The van der Waals surface area contributed by atoms with Crippen molar-refractivity contribution in [2.45, 2.75) is 45.0 Å². The SMILES string of the molecule is CCC(C)(C)SC[C@H](OC(=O)[C@H](C)CS)C(=O)O. The minimum Gasteiger partial charge on any atom is -0.478 e. The number of carboxylic acid groups (broad SMARTS) is 1. The molecule has 0 fully saturated rings. The molecule has 0 radical (unpaired) electrons. The number of thiol groups is 1. The Labute approximate surface area is 118 Å². The van der Waals surface area contributed by atoms with Crippen LogP contribution in [0, 0.1) is 5.92 Å². The number of esters is 1. The van der Waals surface area contributed by atoms with Crippen LogP contribution in [0.15, 0.2) is 0 Å². The molecule has 0 aliphatic carbocycles. The zero-order chi connectivity index (χ0) is 14.3. The van der Waals surface area contributed by atoms with Gasteiger partial charge in [-0.05, 0) is 6.42 Å². The lowest BCUT2D eigenvalue weighted by molar-refractivity contribution is -0.164. The molecule has 4 nitrogen and oxygen atoms in total. The van der Waals surface area contributed by atoms with Crippen LogP contribution in [0.25, 0.3) is 0 Å². The molecule has 0 rings (SSSR count). The number of hydrogen-bond donors (Lipinski definition) is 2. The summed E-state index contributed by atoms with van der Waals surface area (Å²) in [6, 6.07) is 0. The van der Waals surface area contributed by atoms with Crippen molar-refractivity contribution in [2.75, 3.05) is 11.5 Å².